The van der Waals surface area contributed by atoms with E-state index in [-0.39, 0.29) is 0 Å². The smallest absolute Gasteiger partial charge is 0.122 e. The van der Waals surface area contributed by atoms with Crippen molar-refractivity contribution in [1.82, 2.24) is 10.2 Å². The monoisotopic (exact) mass is 232 g/mol. The van der Waals surface area contributed by atoms with Crippen molar-refractivity contribution in [2.75, 3.05) is 26.7 Å². The molecule has 1 fully saturated rings. The molecule has 0 saturated carbocycles. The summed E-state index contributed by atoms with van der Waals surface area (Å²) < 4.78 is 5.64. The molecule has 2 aliphatic rings. The zero-order valence-electron chi connectivity index (χ0n) is 10.4. The Kier molecular flexibility index (Phi) is 3.04. The first-order chi connectivity index (χ1) is 8.33. The minimum Gasteiger partial charge on any atom is -0.493 e. The maximum atomic E-state index is 5.64. The van der Waals surface area contributed by atoms with Crippen LogP contribution in [0.25, 0.3) is 0 Å². The predicted molar refractivity (Wildman–Crippen MR) is 68.4 cm³/mol. The van der Waals surface area contributed by atoms with Crippen molar-refractivity contribution in [3.05, 3.63) is 29.3 Å². The summed E-state index contributed by atoms with van der Waals surface area (Å²) in [6.45, 7) is 4.18. The van der Waals surface area contributed by atoms with Crippen LogP contribution in [0.15, 0.2) is 18.2 Å². The SMILES string of the molecule is CN(Cc1ccc2c(c1)CCCO2)C1CNC1. The van der Waals surface area contributed by atoms with Gasteiger partial charge in [0.15, 0.2) is 0 Å². The van der Waals surface area contributed by atoms with Gasteiger partial charge in [0.25, 0.3) is 0 Å². The molecule has 0 amide bonds. The van der Waals surface area contributed by atoms with Gasteiger partial charge >= 0.3 is 0 Å². The van der Waals surface area contributed by atoms with Crippen LogP contribution in [0, 0.1) is 0 Å². The maximum Gasteiger partial charge on any atom is 0.122 e. The Morgan fingerprint density at radius 1 is 1.41 bits per heavy atom. The fraction of sp³-hybridized carbons (Fsp3) is 0.571. The van der Waals surface area contributed by atoms with E-state index in [0.29, 0.717) is 6.04 Å². The molecule has 0 bridgehead atoms. The molecule has 17 heavy (non-hydrogen) atoms. The molecule has 3 heteroatoms. The number of hydrogen-bond donors (Lipinski definition) is 1. The number of hydrogen-bond acceptors (Lipinski definition) is 3. The number of fused-ring (bicyclic) bond motifs is 1. The van der Waals surface area contributed by atoms with E-state index < -0.39 is 0 Å². The van der Waals surface area contributed by atoms with Crippen LogP contribution in [0.4, 0.5) is 0 Å². The van der Waals surface area contributed by atoms with Crippen LogP contribution < -0.4 is 10.1 Å². The lowest BCUT2D eigenvalue weighted by atomic mass is 10.0. The molecule has 1 aromatic rings. The molecule has 0 aliphatic carbocycles. The topological polar surface area (TPSA) is 24.5 Å². The van der Waals surface area contributed by atoms with Crippen LogP contribution in [0.3, 0.4) is 0 Å². The Labute approximate surface area is 103 Å². The van der Waals surface area contributed by atoms with Crippen molar-refractivity contribution in [2.45, 2.75) is 25.4 Å². The van der Waals surface area contributed by atoms with Gasteiger partial charge in [-0.1, -0.05) is 12.1 Å². The number of rotatable bonds is 3. The van der Waals surface area contributed by atoms with E-state index in [0.717, 1.165) is 44.8 Å². The number of likely N-dealkylation sites (N-methyl/N-ethyl adjacent to an activating group) is 1. The second-order valence-corrected chi connectivity index (χ2v) is 5.12. The summed E-state index contributed by atoms with van der Waals surface area (Å²) in [6.07, 6.45) is 2.32. The first kappa shape index (κ1) is 11.1. The van der Waals surface area contributed by atoms with E-state index in [1.54, 1.807) is 0 Å². The third-order valence-electron chi connectivity index (χ3n) is 3.79. The minimum atomic E-state index is 0.710. The standard InChI is InChI=1S/C14H20N2O/c1-16(13-8-15-9-13)10-11-4-5-14-12(7-11)3-2-6-17-14/h4-5,7,13,15H,2-3,6,8-10H2,1H3. The Bertz CT molecular complexity index is 401. The van der Waals surface area contributed by atoms with Crippen molar-refractivity contribution >= 4 is 0 Å². The highest BCUT2D eigenvalue weighted by molar-refractivity contribution is 5.38. The van der Waals surface area contributed by atoms with Crippen molar-refractivity contribution < 1.29 is 4.74 Å². The van der Waals surface area contributed by atoms with Gasteiger partial charge in [-0.15, -0.1) is 0 Å². The molecule has 0 unspecified atom stereocenters. The molecule has 1 N–H and O–H groups in total. The normalized spacial score (nSPS) is 19.6. The average molecular weight is 232 g/mol. The van der Waals surface area contributed by atoms with E-state index >= 15 is 0 Å². The van der Waals surface area contributed by atoms with E-state index in [4.69, 9.17) is 4.74 Å². The molecule has 3 rings (SSSR count). The van der Waals surface area contributed by atoms with Crippen LogP contribution in [0.1, 0.15) is 17.5 Å². The predicted octanol–water partition coefficient (Wildman–Crippen LogP) is 1.42. The summed E-state index contributed by atoms with van der Waals surface area (Å²) in [7, 11) is 2.21. The molecule has 92 valence electrons. The quantitative estimate of drug-likeness (QED) is 0.853. The Hall–Kier alpha value is -1.06. The average Bonchev–Trinajstić information content (AvgIpc) is 2.26. The molecular weight excluding hydrogens is 212 g/mol. The van der Waals surface area contributed by atoms with Crippen LogP contribution >= 0.6 is 0 Å². The number of aryl methyl sites for hydroxylation is 1. The summed E-state index contributed by atoms with van der Waals surface area (Å²) in [4.78, 5) is 2.43. The third kappa shape index (κ3) is 2.31. The van der Waals surface area contributed by atoms with E-state index in [9.17, 15) is 0 Å². The van der Waals surface area contributed by atoms with Crippen LogP contribution in [-0.4, -0.2) is 37.7 Å². The fourth-order valence-corrected chi connectivity index (χ4v) is 2.51. The van der Waals surface area contributed by atoms with Gasteiger partial charge in [0.1, 0.15) is 5.75 Å². The zero-order valence-corrected chi connectivity index (χ0v) is 10.4. The summed E-state index contributed by atoms with van der Waals surface area (Å²) in [5, 5.41) is 3.32. The Balaban J connectivity index is 1.70. The molecule has 2 heterocycles. The second-order valence-electron chi connectivity index (χ2n) is 5.12. The molecule has 3 nitrogen and oxygen atoms in total. The van der Waals surface area contributed by atoms with Crippen LogP contribution in [-0.2, 0) is 13.0 Å². The highest BCUT2D eigenvalue weighted by Gasteiger charge is 2.21. The lowest BCUT2D eigenvalue weighted by molar-refractivity contribution is 0.173. The largest absolute Gasteiger partial charge is 0.493 e. The summed E-state index contributed by atoms with van der Waals surface area (Å²) in [5.74, 6) is 1.09. The summed E-state index contributed by atoms with van der Waals surface area (Å²) in [6, 6.07) is 7.36. The van der Waals surface area contributed by atoms with Gasteiger partial charge in [-0.25, -0.2) is 0 Å². The van der Waals surface area contributed by atoms with Crippen molar-refractivity contribution in [1.29, 1.82) is 0 Å². The van der Waals surface area contributed by atoms with Gasteiger partial charge in [0.2, 0.25) is 0 Å². The van der Waals surface area contributed by atoms with Crippen molar-refractivity contribution in [3.8, 4) is 5.75 Å². The molecular formula is C14H20N2O. The van der Waals surface area contributed by atoms with Crippen LogP contribution in [0.2, 0.25) is 0 Å². The van der Waals surface area contributed by atoms with Gasteiger partial charge in [-0.3, -0.25) is 4.90 Å². The van der Waals surface area contributed by atoms with Crippen molar-refractivity contribution in [3.63, 3.8) is 0 Å². The Morgan fingerprint density at radius 2 is 2.29 bits per heavy atom. The van der Waals surface area contributed by atoms with E-state index in [2.05, 4.69) is 35.5 Å². The van der Waals surface area contributed by atoms with Crippen LogP contribution in [0.5, 0.6) is 5.75 Å². The molecule has 0 radical (unpaired) electrons. The lowest BCUT2D eigenvalue weighted by Crippen LogP contribution is -2.55. The number of nitrogens with zero attached hydrogens (tertiary/aromatic N) is 1. The first-order valence-electron chi connectivity index (χ1n) is 6.48. The zero-order chi connectivity index (χ0) is 11.7. The molecule has 0 atom stereocenters. The van der Waals surface area contributed by atoms with Gasteiger partial charge in [0, 0.05) is 25.7 Å². The first-order valence-corrected chi connectivity index (χ1v) is 6.48. The lowest BCUT2D eigenvalue weighted by Gasteiger charge is -2.35. The fourth-order valence-electron chi connectivity index (χ4n) is 2.51. The molecule has 2 aliphatic heterocycles. The highest BCUT2D eigenvalue weighted by Crippen LogP contribution is 2.26. The molecule has 1 aromatic carbocycles. The third-order valence-corrected chi connectivity index (χ3v) is 3.79. The second kappa shape index (κ2) is 4.67. The van der Waals surface area contributed by atoms with E-state index in [1.165, 1.54) is 11.1 Å². The minimum absolute atomic E-state index is 0.710. The molecule has 1 saturated heterocycles. The maximum absolute atomic E-state index is 5.64. The van der Waals surface area contributed by atoms with Gasteiger partial charge in [0.05, 0.1) is 6.61 Å². The number of benzene rings is 1. The molecule has 0 aromatic heterocycles. The summed E-state index contributed by atoms with van der Waals surface area (Å²) >= 11 is 0. The highest BCUT2D eigenvalue weighted by atomic mass is 16.5. The van der Waals surface area contributed by atoms with Gasteiger partial charge < -0.3 is 10.1 Å². The summed E-state index contributed by atoms with van der Waals surface area (Å²) in [5.41, 5.74) is 2.79. The molecule has 0 spiro atoms. The number of nitrogens with one attached hydrogen (secondary N) is 1. The number of ether oxygens (including phenoxy) is 1. The van der Waals surface area contributed by atoms with Gasteiger partial charge in [-0.2, -0.15) is 0 Å². The van der Waals surface area contributed by atoms with Crippen molar-refractivity contribution in [2.24, 2.45) is 0 Å². The van der Waals surface area contributed by atoms with Gasteiger partial charge in [-0.05, 0) is 37.1 Å². The Morgan fingerprint density at radius 3 is 3.06 bits per heavy atom. The van der Waals surface area contributed by atoms with E-state index in [1.807, 2.05) is 0 Å².